The van der Waals surface area contributed by atoms with Gasteiger partial charge in [-0.2, -0.15) is 0 Å². The molecule has 0 heterocycles. The molecule has 84 valence electrons. The molecule has 1 aromatic carbocycles. The molecule has 2 heteroatoms. The molecular weight excluding hydrogens is 202 g/mol. The first kappa shape index (κ1) is 12.6. The Labute approximate surface area is 97.7 Å². The topological polar surface area (TPSA) is 12.0 Å². The van der Waals surface area contributed by atoms with E-state index in [2.05, 4.69) is 43.4 Å². The van der Waals surface area contributed by atoms with Crippen LogP contribution in [0.4, 0.5) is 0 Å². The van der Waals surface area contributed by atoms with Gasteiger partial charge in [0.05, 0.1) is 0 Å². The maximum absolute atomic E-state index is 3.21. The number of hydrogen-bond donors (Lipinski definition) is 1. The first-order chi connectivity index (χ1) is 7.27. The third kappa shape index (κ3) is 4.27. The van der Waals surface area contributed by atoms with Crippen LogP contribution in [0.25, 0.3) is 0 Å². The molecule has 0 saturated carbocycles. The average Bonchev–Trinajstić information content (AvgIpc) is 2.28. The van der Waals surface area contributed by atoms with Crippen molar-refractivity contribution < 1.29 is 0 Å². The van der Waals surface area contributed by atoms with Gasteiger partial charge in [0.2, 0.25) is 0 Å². The highest BCUT2D eigenvalue weighted by atomic mass is 32.2. The molecule has 0 bridgehead atoms. The van der Waals surface area contributed by atoms with E-state index in [-0.39, 0.29) is 0 Å². The van der Waals surface area contributed by atoms with Crippen molar-refractivity contribution in [3.8, 4) is 0 Å². The van der Waals surface area contributed by atoms with Gasteiger partial charge in [-0.3, -0.25) is 0 Å². The van der Waals surface area contributed by atoms with Crippen molar-refractivity contribution in [2.24, 2.45) is 5.92 Å². The first-order valence-corrected chi connectivity index (χ1v) is 6.61. The molecule has 1 aromatic rings. The lowest BCUT2D eigenvalue weighted by Crippen LogP contribution is -2.06. The summed E-state index contributed by atoms with van der Waals surface area (Å²) in [4.78, 5) is 1.42. The van der Waals surface area contributed by atoms with Gasteiger partial charge in [0, 0.05) is 17.2 Å². The zero-order chi connectivity index (χ0) is 11.1. The Morgan fingerprint density at radius 2 is 2.07 bits per heavy atom. The van der Waals surface area contributed by atoms with Gasteiger partial charge in [-0.1, -0.05) is 38.5 Å². The summed E-state index contributed by atoms with van der Waals surface area (Å²) in [7, 11) is 2.00. The van der Waals surface area contributed by atoms with Crippen molar-refractivity contribution >= 4 is 11.8 Å². The van der Waals surface area contributed by atoms with Crippen LogP contribution in [0.5, 0.6) is 0 Å². The fourth-order valence-corrected chi connectivity index (χ4v) is 2.53. The summed E-state index contributed by atoms with van der Waals surface area (Å²) in [5.41, 5.74) is 1.41. The summed E-state index contributed by atoms with van der Waals surface area (Å²) < 4.78 is 0. The maximum Gasteiger partial charge on any atom is 0.0213 e. The summed E-state index contributed by atoms with van der Waals surface area (Å²) in [6, 6.07) is 8.66. The van der Waals surface area contributed by atoms with E-state index >= 15 is 0 Å². The molecule has 0 amide bonds. The predicted octanol–water partition coefficient (Wildman–Crippen LogP) is 3.54. The van der Waals surface area contributed by atoms with Gasteiger partial charge in [-0.25, -0.2) is 0 Å². The summed E-state index contributed by atoms with van der Waals surface area (Å²) >= 11 is 1.98. The van der Waals surface area contributed by atoms with Gasteiger partial charge in [0.15, 0.2) is 0 Å². The molecule has 1 rings (SSSR count). The Hall–Kier alpha value is -0.470. The van der Waals surface area contributed by atoms with E-state index in [0.29, 0.717) is 0 Å². The Morgan fingerprint density at radius 1 is 1.33 bits per heavy atom. The summed E-state index contributed by atoms with van der Waals surface area (Å²) in [5.74, 6) is 2.02. The molecule has 1 atom stereocenters. The van der Waals surface area contributed by atoms with Crippen molar-refractivity contribution in [1.82, 2.24) is 5.32 Å². The van der Waals surface area contributed by atoms with Crippen molar-refractivity contribution in [2.75, 3.05) is 12.8 Å². The number of benzene rings is 1. The van der Waals surface area contributed by atoms with Crippen LogP contribution in [0.2, 0.25) is 0 Å². The molecule has 0 aliphatic carbocycles. The zero-order valence-electron chi connectivity index (χ0n) is 9.92. The fourth-order valence-electron chi connectivity index (χ4n) is 1.33. The van der Waals surface area contributed by atoms with E-state index in [4.69, 9.17) is 0 Å². The Balaban J connectivity index is 2.58. The molecule has 0 saturated heterocycles. The zero-order valence-corrected chi connectivity index (χ0v) is 10.7. The van der Waals surface area contributed by atoms with E-state index in [9.17, 15) is 0 Å². The number of nitrogens with one attached hydrogen (secondary N) is 1. The van der Waals surface area contributed by atoms with E-state index < -0.39 is 0 Å². The van der Waals surface area contributed by atoms with Crippen molar-refractivity contribution in [3.63, 3.8) is 0 Å². The van der Waals surface area contributed by atoms with Crippen LogP contribution in [0.3, 0.4) is 0 Å². The molecule has 1 N–H and O–H groups in total. The summed E-state index contributed by atoms with van der Waals surface area (Å²) in [6.07, 6.45) is 1.27. The molecule has 0 fully saturated rings. The van der Waals surface area contributed by atoms with E-state index in [1.807, 2.05) is 18.8 Å². The molecule has 1 unspecified atom stereocenters. The number of hydrogen-bond acceptors (Lipinski definition) is 2. The highest BCUT2D eigenvalue weighted by Gasteiger charge is 2.04. The molecule has 0 aliphatic rings. The van der Waals surface area contributed by atoms with Gasteiger partial charge >= 0.3 is 0 Å². The average molecular weight is 223 g/mol. The Morgan fingerprint density at radius 3 is 2.73 bits per heavy atom. The molecule has 0 spiro atoms. The minimum Gasteiger partial charge on any atom is -0.316 e. The van der Waals surface area contributed by atoms with Crippen molar-refractivity contribution in [2.45, 2.75) is 31.7 Å². The van der Waals surface area contributed by atoms with E-state index in [0.717, 1.165) is 12.5 Å². The highest BCUT2D eigenvalue weighted by Crippen LogP contribution is 2.25. The Bertz CT molecular complexity index is 286. The second kappa shape index (κ2) is 6.91. The normalized spacial score (nSPS) is 12.7. The predicted molar refractivity (Wildman–Crippen MR) is 69.4 cm³/mol. The van der Waals surface area contributed by atoms with E-state index in [1.165, 1.54) is 22.6 Å². The summed E-state index contributed by atoms with van der Waals surface area (Å²) in [6.45, 7) is 5.53. The quantitative estimate of drug-likeness (QED) is 0.740. The molecule has 1 nitrogen and oxygen atoms in total. The Kier molecular flexibility index (Phi) is 5.81. The highest BCUT2D eigenvalue weighted by molar-refractivity contribution is 7.99. The minimum absolute atomic E-state index is 0.803. The van der Waals surface area contributed by atoms with Gasteiger partial charge in [-0.05, 0) is 24.6 Å². The third-order valence-corrected chi connectivity index (χ3v) is 4.01. The third-order valence-electron chi connectivity index (χ3n) is 2.56. The van der Waals surface area contributed by atoms with Crippen LogP contribution in [0.15, 0.2) is 29.2 Å². The molecule has 0 radical (unpaired) electrons. The van der Waals surface area contributed by atoms with Crippen LogP contribution in [0, 0.1) is 5.92 Å². The SMILES string of the molecule is CCC(C)CSc1ccccc1CNC. The molecular formula is C13H21NS. The lowest BCUT2D eigenvalue weighted by atomic mass is 10.2. The lowest BCUT2D eigenvalue weighted by Gasteiger charge is -2.11. The largest absolute Gasteiger partial charge is 0.316 e. The first-order valence-electron chi connectivity index (χ1n) is 5.63. The van der Waals surface area contributed by atoms with Crippen molar-refractivity contribution in [3.05, 3.63) is 29.8 Å². The smallest absolute Gasteiger partial charge is 0.0213 e. The monoisotopic (exact) mass is 223 g/mol. The summed E-state index contributed by atoms with van der Waals surface area (Å²) in [5, 5.41) is 3.21. The van der Waals surface area contributed by atoms with Crippen LogP contribution < -0.4 is 5.32 Å². The number of rotatable bonds is 6. The van der Waals surface area contributed by atoms with Gasteiger partial charge in [0.1, 0.15) is 0 Å². The van der Waals surface area contributed by atoms with Crippen LogP contribution >= 0.6 is 11.8 Å². The lowest BCUT2D eigenvalue weighted by molar-refractivity contribution is 0.636. The second-order valence-corrected chi connectivity index (χ2v) is 5.02. The second-order valence-electron chi connectivity index (χ2n) is 3.96. The van der Waals surface area contributed by atoms with Gasteiger partial charge in [-0.15, -0.1) is 11.8 Å². The van der Waals surface area contributed by atoms with Crippen LogP contribution in [-0.4, -0.2) is 12.8 Å². The van der Waals surface area contributed by atoms with Gasteiger partial charge in [0.25, 0.3) is 0 Å². The molecule has 0 aromatic heterocycles. The molecule has 0 aliphatic heterocycles. The standard InChI is InChI=1S/C13H21NS/c1-4-11(2)10-15-13-8-6-5-7-12(13)9-14-3/h5-8,11,14H,4,9-10H2,1-3H3. The van der Waals surface area contributed by atoms with Crippen LogP contribution in [0.1, 0.15) is 25.8 Å². The minimum atomic E-state index is 0.803. The molecule has 15 heavy (non-hydrogen) atoms. The van der Waals surface area contributed by atoms with Crippen molar-refractivity contribution in [1.29, 1.82) is 0 Å². The van der Waals surface area contributed by atoms with Crippen LogP contribution in [-0.2, 0) is 6.54 Å². The van der Waals surface area contributed by atoms with E-state index in [1.54, 1.807) is 0 Å². The van der Waals surface area contributed by atoms with Gasteiger partial charge < -0.3 is 5.32 Å². The maximum atomic E-state index is 3.21. The fraction of sp³-hybridized carbons (Fsp3) is 0.538. The number of thioether (sulfide) groups is 1.